The van der Waals surface area contributed by atoms with Crippen molar-refractivity contribution in [2.75, 3.05) is 20.8 Å². The van der Waals surface area contributed by atoms with Gasteiger partial charge >= 0.3 is 0 Å². The van der Waals surface area contributed by atoms with Gasteiger partial charge in [-0.15, -0.1) is 0 Å². The summed E-state index contributed by atoms with van der Waals surface area (Å²) in [6.07, 6.45) is -7.61. The fourth-order valence-corrected chi connectivity index (χ4v) is 3.93. The second-order valence-corrected chi connectivity index (χ2v) is 7.82. The number of carbonyl (C=O) groups excluding carboxylic acids is 1. The van der Waals surface area contributed by atoms with Crippen LogP contribution >= 0.6 is 0 Å². The molecular formula is C23H26O10. The molecule has 2 aromatic carbocycles. The van der Waals surface area contributed by atoms with Crippen molar-refractivity contribution in [2.45, 2.75) is 43.2 Å². The summed E-state index contributed by atoms with van der Waals surface area (Å²) in [5.41, 5.74) is 1.05. The van der Waals surface area contributed by atoms with Gasteiger partial charge in [-0.05, 0) is 17.7 Å². The minimum absolute atomic E-state index is 0.114. The van der Waals surface area contributed by atoms with E-state index < -0.39 is 43.4 Å². The van der Waals surface area contributed by atoms with E-state index in [2.05, 4.69) is 0 Å². The first-order chi connectivity index (χ1) is 15.9. The zero-order valence-corrected chi connectivity index (χ0v) is 18.1. The minimum Gasteiger partial charge on any atom is -0.497 e. The Labute approximate surface area is 189 Å². The lowest BCUT2D eigenvalue weighted by atomic mass is 9.95. The SMILES string of the molecule is COc1ccc([C@@H]2CC(=O)c3c(OC)cc(O[C@@H]4O[C@H](CO)[C@@H](O)[C@H](O)[C@H]4O)cc3O2)cc1. The molecule has 0 radical (unpaired) electrons. The molecule has 0 saturated carbocycles. The summed E-state index contributed by atoms with van der Waals surface area (Å²) in [7, 11) is 2.96. The molecule has 6 atom stereocenters. The van der Waals surface area contributed by atoms with Gasteiger partial charge in [-0.2, -0.15) is 0 Å². The van der Waals surface area contributed by atoms with E-state index in [1.807, 2.05) is 12.1 Å². The Bertz CT molecular complexity index is 989. The van der Waals surface area contributed by atoms with Crippen molar-refractivity contribution in [1.29, 1.82) is 0 Å². The molecule has 0 bridgehead atoms. The Morgan fingerprint density at radius 2 is 1.70 bits per heavy atom. The van der Waals surface area contributed by atoms with Gasteiger partial charge in [0.15, 0.2) is 5.78 Å². The summed E-state index contributed by atoms with van der Waals surface area (Å²) in [5, 5.41) is 39.6. The minimum atomic E-state index is -1.59. The summed E-state index contributed by atoms with van der Waals surface area (Å²) in [4.78, 5) is 12.9. The predicted molar refractivity (Wildman–Crippen MR) is 113 cm³/mol. The highest BCUT2D eigenvalue weighted by Gasteiger charge is 2.45. The molecule has 4 rings (SSSR count). The molecule has 2 heterocycles. The van der Waals surface area contributed by atoms with Crippen molar-refractivity contribution in [1.82, 2.24) is 0 Å². The highest BCUT2D eigenvalue weighted by Crippen LogP contribution is 2.43. The lowest BCUT2D eigenvalue weighted by molar-refractivity contribution is -0.277. The summed E-state index contributed by atoms with van der Waals surface area (Å²) in [5.74, 6) is 1.08. The maximum absolute atomic E-state index is 12.9. The molecule has 10 nitrogen and oxygen atoms in total. The number of carbonyl (C=O) groups is 1. The summed E-state index contributed by atoms with van der Waals surface area (Å²) >= 11 is 0. The Morgan fingerprint density at radius 1 is 0.970 bits per heavy atom. The highest BCUT2D eigenvalue weighted by molar-refractivity contribution is 6.02. The van der Waals surface area contributed by atoms with Crippen LogP contribution in [0, 0.1) is 0 Å². The summed E-state index contributed by atoms with van der Waals surface area (Å²) in [6, 6.07) is 10.1. The van der Waals surface area contributed by atoms with E-state index in [0.29, 0.717) is 5.75 Å². The van der Waals surface area contributed by atoms with Crippen molar-refractivity contribution >= 4 is 5.78 Å². The normalized spacial score (nSPS) is 29.1. The Balaban J connectivity index is 1.61. The molecule has 0 amide bonds. The average molecular weight is 462 g/mol. The molecule has 2 aliphatic heterocycles. The number of methoxy groups -OCH3 is 2. The van der Waals surface area contributed by atoms with Crippen LogP contribution in [-0.4, -0.2) is 77.7 Å². The van der Waals surface area contributed by atoms with E-state index in [1.54, 1.807) is 19.2 Å². The van der Waals surface area contributed by atoms with Gasteiger partial charge in [-0.3, -0.25) is 4.79 Å². The molecule has 1 saturated heterocycles. The van der Waals surface area contributed by atoms with Crippen LogP contribution in [0.2, 0.25) is 0 Å². The third-order valence-corrected chi connectivity index (χ3v) is 5.77. The van der Waals surface area contributed by atoms with Gasteiger partial charge in [0.1, 0.15) is 59.1 Å². The summed E-state index contributed by atoms with van der Waals surface area (Å²) < 4.78 is 27.7. The Kier molecular flexibility index (Phi) is 6.73. The Morgan fingerprint density at radius 3 is 2.33 bits per heavy atom. The first-order valence-electron chi connectivity index (χ1n) is 10.4. The Hall–Kier alpha value is -2.89. The van der Waals surface area contributed by atoms with Crippen molar-refractivity contribution in [2.24, 2.45) is 0 Å². The molecule has 1 fully saturated rings. The van der Waals surface area contributed by atoms with E-state index in [1.165, 1.54) is 19.2 Å². The van der Waals surface area contributed by atoms with Crippen LogP contribution < -0.4 is 18.9 Å². The number of hydrogen-bond donors (Lipinski definition) is 4. The molecule has 4 N–H and O–H groups in total. The van der Waals surface area contributed by atoms with Crippen molar-refractivity contribution in [3.05, 3.63) is 47.5 Å². The van der Waals surface area contributed by atoms with E-state index in [4.69, 9.17) is 23.7 Å². The first-order valence-corrected chi connectivity index (χ1v) is 10.4. The molecule has 33 heavy (non-hydrogen) atoms. The number of ketones is 1. The van der Waals surface area contributed by atoms with Crippen molar-refractivity contribution in [3.8, 4) is 23.0 Å². The second-order valence-electron chi connectivity index (χ2n) is 7.82. The third kappa shape index (κ3) is 4.48. The number of rotatable bonds is 6. The van der Waals surface area contributed by atoms with Crippen LogP contribution in [0.15, 0.2) is 36.4 Å². The zero-order chi connectivity index (χ0) is 23.7. The van der Waals surface area contributed by atoms with Gasteiger partial charge in [0.05, 0.1) is 27.2 Å². The molecule has 178 valence electrons. The van der Waals surface area contributed by atoms with Crippen molar-refractivity contribution < 1.29 is 48.9 Å². The standard InChI is InChI=1S/C23H26O10/c1-29-12-5-3-11(4-6-12)15-9-14(25)19-16(30-2)7-13(8-17(19)32-15)31-23-22(28)21(27)20(26)18(10-24)33-23/h3-8,15,18,20-24,26-28H,9-10H2,1-2H3/t15-,18+,20+,21-,22+,23+/m0/s1. The number of hydrogen-bond acceptors (Lipinski definition) is 10. The largest absolute Gasteiger partial charge is 0.497 e. The van der Waals surface area contributed by atoms with E-state index in [0.717, 1.165) is 5.56 Å². The third-order valence-electron chi connectivity index (χ3n) is 5.77. The maximum atomic E-state index is 12.9. The van der Waals surface area contributed by atoms with Crippen LogP contribution in [0.1, 0.15) is 28.4 Å². The summed E-state index contributed by atoms with van der Waals surface area (Å²) in [6.45, 7) is -0.584. The first kappa shape index (κ1) is 23.3. The van der Waals surface area contributed by atoms with Crippen LogP contribution in [0.25, 0.3) is 0 Å². The highest BCUT2D eigenvalue weighted by atomic mass is 16.7. The number of Topliss-reactive ketones (excluding diaryl/α,β-unsaturated/α-hetero) is 1. The fraction of sp³-hybridized carbons (Fsp3) is 0.435. The molecule has 10 heteroatoms. The molecule has 0 aromatic heterocycles. The van der Waals surface area contributed by atoms with Gasteiger partial charge in [0.25, 0.3) is 0 Å². The predicted octanol–water partition coefficient (Wildman–Crippen LogP) is 0.589. The van der Waals surface area contributed by atoms with E-state index in [-0.39, 0.29) is 35.0 Å². The lowest BCUT2D eigenvalue weighted by Gasteiger charge is -2.39. The topological polar surface area (TPSA) is 144 Å². The second kappa shape index (κ2) is 9.54. The number of ether oxygens (including phenoxy) is 5. The van der Waals surface area contributed by atoms with Gasteiger partial charge < -0.3 is 44.1 Å². The molecular weight excluding hydrogens is 436 g/mol. The van der Waals surface area contributed by atoms with Gasteiger partial charge in [0, 0.05) is 12.1 Å². The molecule has 2 aliphatic rings. The quantitative estimate of drug-likeness (QED) is 0.481. The molecule has 0 spiro atoms. The average Bonchev–Trinajstić information content (AvgIpc) is 2.83. The number of aliphatic hydroxyl groups is 4. The van der Waals surface area contributed by atoms with Crippen LogP contribution in [0.5, 0.6) is 23.0 Å². The number of fused-ring (bicyclic) bond motifs is 1. The van der Waals surface area contributed by atoms with E-state index in [9.17, 15) is 25.2 Å². The van der Waals surface area contributed by atoms with E-state index >= 15 is 0 Å². The van der Waals surface area contributed by atoms with Gasteiger partial charge in [-0.25, -0.2) is 0 Å². The van der Waals surface area contributed by atoms with Crippen LogP contribution in [-0.2, 0) is 4.74 Å². The van der Waals surface area contributed by atoms with Crippen LogP contribution in [0.3, 0.4) is 0 Å². The van der Waals surface area contributed by atoms with Gasteiger partial charge in [0.2, 0.25) is 6.29 Å². The maximum Gasteiger partial charge on any atom is 0.229 e. The van der Waals surface area contributed by atoms with Gasteiger partial charge in [-0.1, -0.05) is 12.1 Å². The molecule has 0 unspecified atom stereocenters. The van der Waals surface area contributed by atoms with Crippen LogP contribution in [0.4, 0.5) is 0 Å². The smallest absolute Gasteiger partial charge is 0.229 e. The number of benzene rings is 2. The van der Waals surface area contributed by atoms with Crippen molar-refractivity contribution in [3.63, 3.8) is 0 Å². The lowest BCUT2D eigenvalue weighted by Crippen LogP contribution is -2.60. The number of aliphatic hydroxyl groups excluding tert-OH is 4. The fourth-order valence-electron chi connectivity index (χ4n) is 3.93. The zero-order valence-electron chi connectivity index (χ0n) is 18.1. The monoisotopic (exact) mass is 462 g/mol. The molecule has 2 aromatic rings. The molecule has 0 aliphatic carbocycles.